The SMILES string of the molecule is C/C=C(/NC(=O)OCC1c2ccccc2-c2ccccc21)C(=O)NCC(=O)O. The molecule has 1 aliphatic rings. The number of ether oxygens (including phenoxy) is 1. The number of fused-ring (bicyclic) bond motifs is 3. The van der Waals surface area contributed by atoms with E-state index in [0.29, 0.717) is 0 Å². The molecule has 0 aliphatic heterocycles. The van der Waals surface area contributed by atoms with Crippen molar-refractivity contribution in [1.29, 1.82) is 0 Å². The fourth-order valence-electron chi connectivity index (χ4n) is 3.26. The van der Waals surface area contributed by atoms with Crippen molar-refractivity contribution in [3.8, 4) is 11.1 Å². The second kappa shape index (κ2) is 8.39. The minimum Gasteiger partial charge on any atom is -0.480 e. The minimum absolute atomic E-state index is 0.0709. The Kier molecular flexibility index (Phi) is 5.74. The molecule has 7 heteroatoms. The van der Waals surface area contributed by atoms with Crippen LogP contribution in [0, 0.1) is 0 Å². The third kappa shape index (κ3) is 4.03. The molecule has 7 nitrogen and oxygen atoms in total. The van der Waals surface area contributed by atoms with Crippen LogP contribution in [0.25, 0.3) is 11.1 Å². The summed E-state index contributed by atoms with van der Waals surface area (Å²) in [7, 11) is 0. The van der Waals surface area contributed by atoms with Gasteiger partial charge in [-0.15, -0.1) is 0 Å². The average Bonchev–Trinajstić information content (AvgIpc) is 3.02. The fraction of sp³-hybridized carbons (Fsp3) is 0.190. The van der Waals surface area contributed by atoms with Crippen LogP contribution in [0.5, 0.6) is 0 Å². The molecule has 0 unspecified atom stereocenters. The highest BCUT2D eigenvalue weighted by Crippen LogP contribution is 2.44. The van der Waals surface area contributed by atoms with Crippen molar-refractivity contribution in [2.45, 2.75) is 12.8 Å². The van der Waals surface area contributed by atoms with Gasteiger partial charge >= 0.3 is 12.1 Å². The third-order valence-corrected chi connectivity index (χ3v) is 4.51. The van der Waals surface area contributed by atoms with Crippen LogP contribution in [0.4, 0.5) is 4.79 Å². The Hall–Kier alpha value is -3.61. The predicted molar refractivity (Wildman–Crippen MR) is 103 cm³/mol. The molecule has 0 bridgehead atoms. The summed E-state index contributed by atoms with van der Waals surface area (Å²) in [6, 6.07) is 15.9. The summed E-state index contributed by atoms with van der Waals surface area (Å²) in [6.45, 7) is 1.13. The maximum atomic E-state index is 12.2. The number of carboxylic acids is 1. The number of allylic oxidation sites excluding steroid dienone is 1. The van der Waals surface area contributed by atoms with Crippen LogP contribution < -0.4 is 10.6 Å². The van der Waals surface area contributed by atoms with Crippen molar-refractivity contribution < 1.29 is 24.2 Å². The van der Waals surface area contributed by atoms with Gasteiger partial charge in [-0.3, -0.25) is 14.9 Å². The Labute approximate surface area is 162 Å². The van der Waals surface area contributed by atoms with Gasteiger partial charge in [0.2, 0.25) is 0 Å². The van der Waals surface area contributed by atoms with Gasteiger partial charge in [-0.25, -0.2) is 4.79 Å². The molecule has 2 aromatic rings. The zero-order chi connectivity index (χ0) is 20.1. The maximum Gasteiger partial charge on any atom is 0.411 e. The minimum atomic E-state index is -1.18. The molecule has 0 atom stereocenters. The Bertz CT molecular complexity index is 906. The smallest absolute Gasteiger partial charge is 0.411 e. The number of benzene rings is 2. The van der Waals surface area contributed by atoms with Crippen LogP contribution in [-0.4, -0.2) is 36.2 Å². The quantitative estimate of drug-likeness (QED) is 0.668. The monoisotopic (exact) mass is 380 g/mol. The molecule has 0 fully saturated rings. The van der Waals surface area contributed by atoms with Crippen molar-refractivity contribution in [3.05, 3.63) is 71.4 Å². The van der Waals surface area contributed by atoms with Crippen LogP contribution in [0.15, 0.2) is 60.3 Å². The van der Waals surface area contributed by atoms with E-state index >= 15 is 0 Å². The summed E-state index contributed by atoms with van der Waals surface area (Å²) in [4.78, 5) is 34.6. The lowest BCUT2D eigenvalue weighted by Gasteiger charge is -2.15. The van der Waals surface area contributed by atoms with E-state index in [-0.39, 0.29) is 18.2 Å². The number of carbonyl (C=O) groups excluding carboxylic acids is 2. The van der Waals surface area contributed by atoms with Gasteiger partial charge in [0.15, 0.2) is 0 Å². The lowest BCUT2D eigenvalue weighted by Crippen LogP contribution is -2.37. The van der Waals surface area contributed by atoms with Gasteiger partial charge in [0.25, 0.3) is 5.91 Å². The van der Waals surface area contributed by atoms with Crippen LogP contribution in [0.1, 0.15) is 24.0 Å². The van der Waals surface area contributed by atoms with Crippen molar-refractivity contribution >= 4 is 18.0 Å². The van der Waals surface area contributed by atoms with Gasteiger partial charge in [0, 0.05) is 5.92 Å². The number of rotatable bonds is 6. The number of aliphatic carboxylic acids is 1. The van der Waals surface area contributed by atoms with E-state index in [9.17, 15) is 14.4 Å². The molecule has 28 heavy (non-hydrogen) atoms. The number of carbonyl (C=O) groups is 3. The molecule has 0 aromatic heterocycles. The zero-order valence-corrected chi connectivity index (χ0v) is 15.3. The summed E-state index contributed by atoms with van der Waals surface area (Å²) in [5.41, 5.74) is 4.34. The highest BCUT2D eigenvalue weighted by molar-refractivity contribution is 5.97. The number of nitrogens with one attached hydrogen (secondary N) is 2. The lowest BCUT2D eigenvalue weighted by molar-refractivity contribution is -0.137. The van der Waals surface area contributed by atoms with Gasteiger partial charge in [-0.2, -0.15) is 0 Å². The average molecular weight is 380 g/mol. The molecule has 3 N–H and O–H groups in total. The van der Waals surface area contributed by atoms with Crippen LogP contribution in [0.2, 0.25) is 0 Å². The van der Waals surface area contributed by atoms with E-state index in [1.807, 2.05) is 48.5 Å². The van der Waals surface area contributed by atoms with Crippen molar-refractivity contribution in [1.82, 2.24) is 10.6 Å². The Morgan fingerprint density at radius 2 is 1.61 bits per heavy atom. The first-order valence-corrected chi connectivity index (χ1v) is 8.79. The van der Waals surface area contributed by atoms with Crippen molar-refractivity contribution in [2.24, 2.45) is 0 Å². The summed E-state index contributed by atoms with van der Waals surface area (Å²) in [6.07, 6.45) is 0.596. The second-order valence-electron chi connectivity index (χ2n) is 6.23. The number of hydrogen-bond donors (Lipinski definition) is 3. The maximum absolute atomic E-state index is 12.2. The molecule has 1 aliphatic carbocycles. The van der Waals surface area contributed by atoms with Gasteiger partial charge in [-0.1, -0.05) is 54.6 Å². The molecular weight excluding hydrogens is 360 g/mol. The van der Waals surface area contributed by atoms with E-state index in [2.05, 4.69) is 10.6 Å². The van der Waals surface area contributed by atoms with Crippen molar-refractivity contribution in [3.63, 3.8) is 0 Å². The molecule has 0 heterocycles. The van der Waals surface area contributed by atoms with Gasteiger partial charge < -0.3 is 15.2 Å². The number of amides is 2. The largest absolute Gasteiger partial charge is 0.480 e. The van der Waals surface area contributed by atoms with Crippen molar-refractivity contribution in [2.75, 3.05) is 13.2 Å². The molecular formula is C21H20N2O5. The number of alkyl carbamates (subject to hydrolysis) is 1. The number of hydrogen-bond acceptors (Lipinski definition) is 4. The van der Waals surface area contributed by atoms with E-state index in [4.69, 9.17) is 9.84 Å². The van der Waals surface area contributed by atoms with Crippen LogP contribution in [-0.2, 0) is 14.3 Å². The van der Waals surface area contributed by atoms with Crippen LogP contribution in [0.3, 0.4) is 0 Å². The second-order valence-corrected chi connectivity index (χ2v) is 6.23. The molecule has 3 rings (SSSR count). The van der Waals surface area contributed by atoms with E-state index < -0.39 is 24.5 Å². The first-order chi connectivity index (χ1) is 13.5. The van der Waals surface area contributed by atoms with E-state index in [1.165, 1.54) is 6.08 Å². The molecule has 0 spiro atoms. The molecule has 2 amide bonds. The Morgan fingerprint density at radius 3 is 2.14 bits per heavy atom. The molecule has 2 aromatic carbocycles. The molecule has 0 saturated heterocycles. The Balaban J connectivity index is 1.65. The molecule has 0 radical (unpaired) electrons. The summed E-state index contributed by atoms with van der Waals surface area (Å²) < 4.78 is 5.36. The summed E-state index contributed by atoms with van der Waals surface area (Å²) >= 11 is 0. The van der Waals surface area contributed by atoms with Gasteiger partial charge in [-0.05, 0) is 29.2 Å². The van der Waals surface area contributed by atoms with Gasteiger partial charge in [0.1, 0.15) is 18.8 Å². The highest BCUT2D eigenvalue weighted by Gasteiger charge is 2.29. The standard InChI is InChI=1S/C21H20N2O5/c1-2-18(20(26)22-11-19(24)25)23-21(27)28-12-17-15-9-5-3-7-13(15)14-8-4-6-10-16(14)17/h2-10,17H,11-12H2,1H3,(H,22,26)(H,23,27)(H,24,25)/b18-2+. The Morgan fingerprint density at radius 1 is 1.04 bits per heavy atom. The van der Waals surface area contributed by atoms with Gasteiger partial charge in [0.05, 0.1) is 0 Å². The van der Waals surface area contributed by atoms with Crippen LogP contribution >= 0.6 is 0 Å². The highest BCUT2D eigenvalue weighted by atomic mass is 16.5. The fourth-order valence-corrected chi connectivity index (χ4v) is 3.26. The first-order valence-electron chi connectivity index (χ1n) is 8.79. The number of carboxylic acid groups (broad SMARTS) is 1. The summed E-state index contributed by atoms with van der Waals surface area (Å²) in [5, 5.41) is 13.2. The third-order valence-electron chi connectivity index (χ3n) is 4.51. The van der Waals surface area contributed by atoms with E-state index in [1.54, 1.807) is 6.92 Å². The zero-order valence-electron chi connectivity index (χ0n) is 15.3. The first kappa shape index (κ1) is 19.2. The lowest BCUT2D eigenvalue weighted by atomic mass is 9.98. The topological polar surface area (TPSA) is 105 Å². The predicted octanol–water partition coefficient (Wildman–Crippen LogP) is 2.63. The van der Waals surface area contributed by atoms with E-state index in [0.717, 1.165) is 22.3 Å². The molecule has 0 saturated carbocycles. The molecule has 144 valence electrons. The normalized spacial score (nSPS) is 12.7. The summed E-state index contributed by atoms with van der Waals surface area (Å²) in [5.74, 6) is -1.96.